The smallest absolute Gasteiger partial charge is 0.0808 e. The summed E-state index contributed by atoms with van der Waals surface area (Å²) in [6, 6.07) is 5.87. The summed E-state index contributed by atoms with van der Waals surface area (Å²) >= 11 is 0. The van der Waals surface area contributed by atoms with E-state index in [0.717, 1.165) is 12.1 Å². The summed E-state index contributed by atoms with van der Waals surface area (Å²) in [5.74, 6) is 0. The fourth-order valence-electron chi connectivity index (χ4n) is 1.37. The van der Waals surface area contributed by atoms with Crippen molar-refractivity contribution in [1.29, 1.82) is 0 Å². The van der Waals surface area contributed by atoms with E-state index in [-0.39, 0.29) is 5.54 Å². The highest BCUT2D eigenvalue weighted by atomic mass is 14.8. The van der Waals surface area contributed by atoms with E-state index in [1.807, 2.05) is 24.4 Å². The van der Waals surface area contributed by atoms with Crippen LogP contribution in [0.2, 0.25) is 0 Å². The molecular weight excluding hydrogens is 184 g/mol. The molecule has 1 heterocycles. The highest BCUT2D eigenvalue weighted by molar-refractivity contribution is 5.77. The molecule has 0 radical (unpaired) electrons. The van der Waals surface area contributed by atoms with Crippen molar-refractivity contribution >= 4 is 6.21 Å². The first-order valence-electron chi connectivity index (χ1n) is 5.60. The molecule has 0 fully saturated rings. The van der Waals surface area contributed by atoms with Crippen LogP contribution >= 0.6 is 0 Å². The predicted octanol–water partition coefficient (Wildman–Crippen LogP) is 3.47. The van der Waals surface area contributed by atoms with E-state index in [9.17, 15) is 0 Å². The molecule has 1 aromatic heterocycles. The van der Waals surface area contributed by atoms with Gasteiger partial charge in [-0.3, -0.25) is 9.98 Å². The molecule has 0 saturated heterocycles. The molecule has 82 valence electrons. The summed E-state index contributed by atoms with van der Waals surface area (Å²) in [6.45, 7) is 6.54. The van der Waals surface area contributed by atoms with Crippen LogP contribution in [0, 0.1) is 0 Å². The van der Waals surface area contributed by atoms with Crippen LogP contribution in [0.15, 0.2) is 29.4 Å². The molecule has 0 aromatic carbocycles. The van der Waals surface area contributed by atoms with Crippen LogP contribution in [0.4, 0.5) is 0 Å². The molecule has 1 aromatic rings. The predicted molar refractivity (Wildman–Crippen MR) is 65.4 cm³/mol. The van der Waals surface area contributed by atoms with Crippen LogP contribution in [-0.2, 0) is 0 Å². The minimum Gasteiger partial charge on any atom is -0.285 e. The monoisotopic (exact) mass is 204 g/mol. The fourth-order valence-corrected chi connectivity index (χ4v) is 1.37. The van der Waals surface area contributed by atoms with Crippen LogP contribution in [-0.4, -0.2) is 16.7 Å². The van der Waals surface area contributed by atoms with Gasteiger partial charge in [-0.1, -0.05) is 25.8 Å². The topological polar surface area (TPSA) is 25.2 Å². The SMILES string of the molecule is CCCCC(C)(C)N=Cc1ccccn1. The van der Waals surface area contributed by atoms with Crippen molar-refractivity contribution in [3.63, 3.8) is 0 Å². The fraction of sp³-hybridized carbons (Fsp3) is 0.538. The minimum absolute atomic E-state index is 0.0352. The van der Waals surface area contributed by atoms with Crippen molar-refractivity contribution in [2.45, 2.75) is 45.6 Å². The maximum absolute atomic E-state index is 4.58. The Bertz CT molecular complexity index is 302. The quantitative estimate of drug-likeness (QED) is 0.674. The number of hydrogen-bond acceptors (Lipinski definition) is 2. The maximum Gasteiger partial charge on any atom is 0.0808 e. The Morgan fingerprint density at radius 3 is 2.80 bits per heavy atom. The van der Waals surface area contributed by atoms with Crippen LogP contribution < -0.4 is 0 Å². The molecule has 15 heavy (non-hydrogen) atoms. The third-order valence-electron chi connectivity index (χ3n) is 2.38. The first-order valence-corrected chi connectivity index (χ1v) is 5.60. The Kier molecular flexibility index (Phi) is 4.47. The van der Waals surface area contributed by atoms with Crippen molar-refractivity contribution in [1.82, 2.24) is 4.98 Å². The van der Waals surface area contributed by atoms with E-state index in [1.165, 1.54) is 12.8 Å². The van der Waals surface area contributed by atoms with Gasteiger partial charge in [0.15, 0.2) is 0 Å². The summed E-state index contributed by atoms with van der Waals surface area (Å²) in [5, 5.41) is 0. The van der Waals surface area contributed by atoms with Crippen molar-refractivity contribution in [3.8, 4) is 0 Å². The maximum atomic E-state index is 4.58. The summed E-state index contributed by atoms with van der Waals surface area (Å²) in [7, 11) is 0. The Hall–Kier alpha value is -1.18. The van der Waals surface area contributed by atoms with Crippen LogP contribution in [0.25, 0.3) is 0 Å². The van der Waals surface area contributed by atoms with E-state index < -0.39 is 0 Å². The lowest BCUT2D eigenvalue weighted by atomic mass is 9.98. The molecule has 0 atom stereocenters. The van der Waals surface area contributed by atoms with Crippen LogP contribution in [0.5, 0.6) is 0 Å². The van der Waals surface area contributed by atoms with Gasteiger partial charge in [0.1, 0.15) is 0 Å². The van der Waals surface area contributed by atoms with Gasteiger partial charge in [0.25, 0.3) is 0 Å². The molecule has 0 N–H and O–H groups in total. The first kappa shape index (κ1) is 11.9. The standard InChI is InChI=1S/C13H20N2/c1-4-5-9-13(2,3)15-11-12-8-6-7-10-14-12/h6-8,10-11H,4-5,9H2,1-3H3. The first-order chi connectivity index (χ1) is 7.14. The van der Waals surface area contributed by atoms with Gasteiger partial charge in [-0.05, 0) is 32.4 Å². The molecule has 0 bridgehead atoms. The Labute approximate surface area is 92.5 Å². The van der Waals surface area contributed by atoms with E-state index >= 15 is 0 Å². The lowest BCUT2D eigenvalue weighted by Gasteiger charge is -2.18. The molecule has 0 amide bonds. The average molecular weight is 204 g/mol. The molecule has 0 aliphatic carbocycles. The molecule has 0 spiro atoms. The number of hydrogen-bond donors (Lipinski definition) is 0. The molecule has 1 rings (SSSR count). The Morgan fingerprint density at radius 1 is 1.40 bits per heavy atom. The molecular formula is C13H20N2. The number of aliphatic imine (C=N–C) groups is 1. The molecule has 0 saturated carbocycles. The number of nitrogens with zero attached hydrogens (tertiary/aromatic N) is 2. The zero-order valence-corrected chi connectivity index (χ0v) is 9.90. The van der Waals surface area contributed by atoms with E-state index in [1.54, 1.807) is 6.20 Å². The number of pyridine rings is 1. The molecule has 0 aliphatic heterocycles. The van der Waals surface area contributed by atoms with Gasteiger partial charge in [-0.15, -0.1) is 0 Å². The summed E-state index contributed by atoms with van der Waals surface area (Å²) in [5.41, 5.74) is 0.968. The van der Waals surface area contributed by atoms with E-state index in [4.69, 9.17) is 0 Å². The normalized spacial score (nSPS) is 12.2. The van der Waals surface area contributed by atoms with Gasteiger partial charge in [0.05, 0.1) is 11.2 Å². The molecule has 2 heteroatoms. The minimum atomic E-state index is 0.0352. The number of rotatable bonds is 5. The van der Waals surface area contributed by atoms with Gasteiger partial charge in [-0.2, -0.15) is 0 Å². The third-order valence-corrected chi connectivity index (χ3v) is 2.38. The van der Waals surface area contributed by atoms with Gasteiger partial charge < -0.3 is 0 Å². The Balaban J connectivity index is 2.56. The van der Waals surface area contributed by atoms with Crippen molar-refractivity contribution in [2.24, 2.45) is 4.99 Å². The zero-order chi connectivity index (χ0) is 11.1. The number of aromatic nitrogens is 1. The highest BCUT2D eigenvalue weighted by Gasteiger charge is 2.13. The van der Waals surface area contributed by atoms with Crippen LogP contribution in [0.1, 0.15) is 45.7 Å². The Morgan fingerprint density at radius 2 is 2.20 bits per heavy atom. The van der Waals surface area contributed by atoms with Gasteiger partial charge in [-0.25, -0.2) is 0 Å². The largest absolute Gasteiger partial charge is 0.285 e. The second kappa shape index (κ2) is 5.64. The van der Waals surface area contributed by atoms with Gasteiger partial charge in [0.2, 0.25) is 0 Å². The van der Waals surface area contributed by atoms with E-state index in [0.29, 0.717) is 0 Å². The third kappa shape index (κ3) is 4.73. The van der Waals surface area contributed by atoms with Crippen molar-refractivity contribution in [2.75, 3.05) is 0 Å². The van der Waals surface area contributed by atoms with E-state index in [2.05, 4.69) is 30.7 Å². The summed E-state index contributed by atoms with van der Waals surface area (Å²) in [6.07, 6.45) is 7.25. The summed E-state index contributed by atoms with van der Waals surface area (Å²) < 4.78 is 0. The van der Waals surface area contributed by atoms with Gasteiger partial charge >= 0.3 is 0 Å². The second-order valence-corrected chi connectivity index (χ2v) is 4.43. The highest BCUT2D eigenvalue weighted by Crippen LogP contribution is 2.17. The second-order valence-electron chi connectivity index (χ2n) is 4.43. The zero-order valence-electron chi connectivity index (χ0n) is 9.90. The number of unbranched alkanes of at least 4 members (excludes halogenated alkanes) is 1. The molecule has 0 aliphatic rings. The molecule has 2 nitrogen and oxygen atoms in total. The van der Waals surface area contributed by atoms with Gasteiger partial charge in [0, 0.05) is 12.4 Å². The van der Waals surface area contributed by atoms with Crippen molar-refractivity contribution in [3.05, 3.63) is 30.1 Å². The summed E-state index contributed by atoms with van der Waals surface area (Å²) in [4.78, 5) is 8.79. The average Bonchev–Trinajstić information content (AvgIpc) is 2.25. The van der Waals surface area contributed by atoms with Crippen molar-refractivity contribution < 1.29 is 0 Å². The lowest BCUT2D eigenvalue weighted by molar-refractivity contribution is 0.461. The van der Waals surface area contributed by atoms with Crippen LogP contribution in [0.3, 0.4) is 0 Å². The molecule has 0 unspecified atom stereocenters. The lowest BCUT2D eigenvalue weighted by Crippen LogP contribution is -2.16.